The number of sulfonamides is 1. The average Bonchev–Trinajstić information content (AvgIpc) is 2.51. The molecule has 0 radical (unpaired) electrons. The second kappa shape index (κ2) is 8.47. The third-order valence-corrected chi connectivity index (χ3v) is 5.20. The molecule has 0 spiro atoms. The maximum Gasteiger partial charge on any atom is 0.460 e. The second-order valence-corrected chi connectivity index (χ2v) is 7.85. The number of likely N-dealkylation sites (N-methyl/N-ethyl adjacent to an activating group) is 1. The molecule has 0 atom stereocenters. The van der Waals surface area contributed by atoms with Crippen molar-refractivity contribution in [1.29, 1.82) is 0 Å². The summed E-state index contributed by atoms with van der Waals surface area (Å²) in [6, 6.07) is 0. The van der Waals surface area contributed by atoms with Crippen molar-refractivity contribution in [2.45, 2.75) is 37.3 Å². The van der Waals surface area contributed by atoms with Gasteiger partial charge in [0.2, 0.25) is 10.0 Å². The average molecular weight is 453 g/mol. The molecule has 0 aromatic heterocycles. The quantitative estimate of drug-likeness (QED) is 0.290. The summed E-state index contributed by atoms with van der Waals surface area (Å²) in [5.41, 5.74) is -0.0435. The van der Waals surface area contributed by atoms with Gasteiger partial charge in [-0.15, -0.1) is 0 Å². The van der Waals surface area contributed by atoms with Crippen LogP contribution in [-0.2, 0) is 19.6 Å². The largest absolute Gasteiger partial charge is 0.461 e. The van der Waals surface area contributed by atoms with Gasteiger partial charge in [-0.2, -0.15) is 39.5 Å². The topological polar surface area (TPSA) is 63.7 Å². The highest BCUT2D eigenvalue weighted by Gasteiger charge is 2.81. The summed E-state index contributed by atoms with van der Waals surface area (Å²) in [5.74, 6) is -22.7. The lowest BCUT2D eigenvalue weighted by atomic mass is 10.0. The molecule has 0 amide bonds. The van der Waals surface area contributed by atoms with Crippen LogP contribution in [-0.4, -0.2) is 68.6 Å². The number of ether oxygens (including phenoxy) is 1. The smallest absolute Gasteiger partial charge is 0.460 e. The maximum absolute atomic E-state index is 13.4. The summed E-state index contributed by atoms with van der Waals surface area (Å²) in [7, 11) is -4.00. The van der Waals surface area contributed by atoms with E-state index >= 15 is 0 Å². The van der Waals surface area contributed by atoms with Gasteiger partial charge in [-0.3, -0.25) is 0 Å². The summed E-state index contributed by atoms with van der Waals surface area (Å²) in [4.78, 5) is 11.1. The van der Waals surface area contributed by atoms with Gasteiger partial charge in [0.05, 0.1) is 5.75 Å². The van der Waals surface area contributed by atoms with Crippen LogP contribution >= 0.6 is 0 Å². The Bertz CT molecular complexity index is 689. The molecule has 166 valence electrons. The van der Waals surface area contributed by atoms with Crippen molar-refractivity contribution in [1.82, 2.24) is 4.31 Å². The minimum atomic E-state index is -7.09. The number of halogens is 9. The summed E-state index contributed by atoms with van der Waals surface area (Å²) >= 11 is 0. The number of esters is 1. The van der Waals surface area contributed by atoms with E-state index < -0.39 is 65.3 Å². The fourth-order valence-corrected chi connectivity index (χ4v) is 2.69. The summed E-state index contributed by atoms with van der Waals surface area (Å²) < 4.78 is 143. The normalized spacial score (nSPS) is 14.3. The Morgan fingerprint density at radius 1 is 1.00 bits per heavy atom. The maximum atomic E-state index is 13.4. The molecule has 28 heavy (non-hydrogen) atoms. The SMILES string of the molecule is C=C(C)C(=O)OCCN(C)S(=O)(=O)CCC(F)(F)C(F)(F)C(F)(F)C(F)(F)F. The lowest BCUT2D eigenvalue weighted by molar-refractivity contribution is -0.396. The van der Waals surface area contributed by atoms with E-state index in [0.717, 1.165) is 7.05 Å². The number of nitrogens with zero attached hydrogens (tertiary/aromatic N) is 1. The van der Waals surface area contributed by atoms with Crippen molar-refractivity contribution < 1.29 is 57.5 Å². The molecule has 5 nitrogen and oxygen atoms in total. The predicted octanol–water partition coefficient (Wildman–Crippen LogP) is 3.23. The van der Waals surface area contributed by atoms with E-state index in [1.54, 1.807) is 0 Å². The Morgan fingerprint density at radius 3 is 1.86 bits per heavy atom. The molecule has 0 aliphatic rings. The van der Waals surface area contributed by atoms with Crippen molar-refractivity contribution in [3.05, 3.63) is 12.2 Å². The Balaban J connectivity index is 5.13. The van der Waals surface area contributed by atoms with Gasteiger partial charge in [-0.25, -0.2) is 17.5 Å². The Hall–Kier alpha value is -1.51. The number of carbonyl (C=O) groups is 1. The first-order valence-electron chi connectivity index (χ1n) is 7.17. The number of rotatable bonds is 10. The first kappa shape index (κ1) is 26.5. The molecular weight excluding hydrogens is 437 g/mol. The molecule has 15 heteroatoms. The van der Waals surface area contributed by atoms with Crippen LogP contribution in [0.4, 0.5) is 39.5 Å². The molecular formula is C13H16F9NO4S. The molecule has 0 saturated carbocycles. The van der Waals surface area contributed by atoms with E-state index in [2.05, 4.69) is 11.3 Å². The highest BCUT2D eigenvalue weighted by atomic mass is 32.2. The number of hydrogen-bond acceptors (Lipinski definition) is 4. The van der Waals surface area contributed by atoms with E-state index in [4.69, 9.17) is 0 Å². The lowest BCUT2D eigenvalue weighted by Gasteiger charge is -2.33. The van der Waals surface area contributed by atoms with Gasteiger partial charge in [0.15, 0.2) is 0 Å². The van der Waals surface area contributed by atoms with Gasteiger partial charge in [0, 0.05) is 25.6 Å². The lowest BCUT2D eigenvalue weighted by Crippen LogP contribution is -2.61. The number of alkyl halides is 9. The van der Waals surface area contributed by atoms with Gasteiger partial charge in [0.25, 0.3) is 0 Å². The zero-order valence-corrected chi connectivity index (χ0v) is 15.2. The molecule has 0 bridgehead atoms. The molecule has 0 N–H and O–H groups in total. The van der Waals surface area contributed by atoms with E-state index in [9.17, 15) is 52.7 Å². The van der Waals surface area contributed by atoms with Gasteiger partial charge in [-0.05, 0) is 6.92 Å². The highest BCUT2D eigenvalue weighted by Crippen LogP contribution is 2.54. The number of carbonyl (C=O) groups excluding carboxylic acids is 1. The second-order valence-electron chi connectivity index (χ2n) is 5.65. The Labute approximate surface area is 154 Å². The third-order valence-electron chi connectivity index (χ3n) is 3.35. The van der Waals surface area contributed by atoms with Crippen LogP contribution in [0.1, 0.15) is 13.3 Å². The minimum Gasteiger partial charge on any atom is -0.461 e. The molecule has 0 saturated heterocycles. The molecule has 0 rings (SSSR count). The molecule has 0 aliphatic carbocycles. The summed E-state index contributed by atoms with van der Waals surface area (Å²) in [6.07, 6.45) is -9.49. The zero-order valence-electron chi connectivity index (χ0n) is 14.4. The van der Waals surface area contributed by atoms with Crippen LogP contribution in [0.2, 0.25) is 0 Å². The van der Waals surface area contributed by atoms with Crippen LogP contribution in [0.5, 0.6) is 0 Å². The van der Waals surface area contributed by atoms with Crippen molar-refractivity contribution in [3.8, 4) is 0 Å². The van der Waals surface area contributed by atoms with Crippen LogP contribution in [0.15, 0.2) is 12.2 Å². The van der Waals surface area contributed by atoms with E-state index in [-0.39, 0.29) is 9.88 Å². The van der Waals surface area contributed by atoms with Crippen LogP contribution < -0.4 is 0 Å². The van der Waals surface area contributed by atoms with Crippen molar-refractivity contribution in [3.63, 3.8) is 0 Å². The van der Waals surface area contributed by atoms with E-state index in [0.29, 0.717) is 0 Å². The van der Waals surface area contributed by atoms with Crippen LogP contribution in [0.3, 0.4) is 0 Å². The summed E-state index contributed by atoms with van der Waals surface area (Å²) in [5, 5.41) is 0. The standard InChI is InChI=1S/C13H16F9NO4S/c1-8(2)9(24)27-6-5-23(3)28(25,26)7-4-10(14,15)11(16,17)12(18,19)13(20,21)22/h1,4-7H2,2-3H3. The highest BCUT2D eigenvalue weighted by molar-refractivity contribution is 7.89. The van der Waals surface area contributed by atoms with Crippen molar-refractivity contribution in [2.75, 3.05) is 26.0 Å². The molecule has 0 aliphatic heterocycles. The van der Waals surface area contributed by atoms with Gasteiger partial charge in [0.1, 0.15) is 6.61 Å². The predicted molar refractivity (Wildman–Crippen MR) is 77.7 cm³/mol. The van der Waals surface area contributed by atoms with Gasteiger partial charge < -0.3 is 4.74 Å². The molecule has 0 aromatic rings. The number of hydrogen-bond donors (Lipinski definition) is 0. The van der Waals surface area contributed by atoms with Gasteiger partial charge in [-0.1, -0.05) is 6.58 Å². The summed E-state index contributed by atoms with van der Waals surface area (Å²) in [6.45, 7) is 3.28. The molecule has 0 unspecified atom stereocenters. The van der Waals surface area contributed by atoms with Crippen molar-refractivity contribution >= 4 is 16.0 Å². The monoisotopic (exact) mass is 453 g/mol. The minimum absolute atomic E-state index is 0.0435. The fraction of sp³-hybridized carbons (Fsp3) is 0.769. The van der Waals surface area contributed by atoms with E-state index in [1.807, 2.05) is 0 Å². The fourth-order valence-electron chi connectivity index (χ4n) is 1.51. The Kier molecular flexibility index (Phi) is 8.01. The molecule has 0 heterocycles. The van der Waals surface area contributed by atoms with Crippen LogP contribution in [0.25, 0.3) is 0 Å². The van der Waals surface area contributed by atoms with Gasteiger partial charge >= 0.3 is 29.9 Å². The van der Waals surface area contributed by atoms with E-state index in [1.165, 1.54) is 6.92 Å². The Morgan fingerprint density at radius 2 is 1.46 bits per heavy atom. The van der Waals surface area contributed by atoms with Crippen molar-refractivity contribution in [2.24, 2.45) is 0 Å². The zero-order chi connectivity index (χ0) is 22.8. The molecule has 0 fully saturated rings. The first-order valence-corrected chi connectivity index (χ1v) is 8.78. The third kappa shape index (κ3) is 5.75. The molecule has 0 aromatic carbocycles. The van der Waals surface area contributed by atoms with Crippen LogP contribution in [0, 0.1) is 0 Å². The first-order chi connectivity index (χ1) is 12.2.